The van der Waals surface area contributed by atoms with Crippen LogP contribution >= 0.6 is 0 Å². The van der Waals surface area contributed by atoms with Gasteiger partial charge in [0.2, 0.25) is 0 Å². The molecule has 0 saturated heterocycles. The molecule has 0 spiro atoms. The van der Waals surface area contributed by atoms with Crippen LogP contribution in [0.2, 0.25) is 0 Å². The maximum absolute atomic E-state index is 13.3. The van der Waals surface area contributed by atoms with E-state index in [0.717, 1.165) is 0 Å². The zero-order valence-corrected chi connectivity index (χ0v) is 12.0. The van der Waals surface area contributed by atoms with Crippen LogP contribution in [-0.4, -0.2) is 28.4 Å². The van der Waals surface area contributed by atoms with Crippen LogP contribution in [0.4, 0.5) is 10.1 Å². The van der Waals surface area contributed by atoms with Crippen LogP contribution in [0, 0.1) is 5.82 Å². The molecule has 0 unspecified atom stereocenters. The molecular weight excluding hydrogens is 299 g/mol. The lowest BCUT2D eigenvalue weighted by Crippen LogP contribution is -2.15. The number of carbonyl (C=O) groups excluding carboxylic acids is 1. The van der Waals surface area contributed by atoms with Gasteiger partial charge in [-0.3, -0.25) is 4.79 Å². The molecule has 116 valence electrons. The second kappa shape index (κ2) is 5.92. The van der Waals surface area contributed by atoms with Gasteiger partial charge in [0.05, 0.1) is 17.7 Å². The van der Waals surface area contributed by atoms with E-state index in [1.807, 2.05) is 0 Å². The van der Waals surface area contributed by atoms with Crippen molar-refractivity contribution >= 4 is 28.3 Å². The summed E-state index contributed by atoms with van der Waals surface area (Å²) in [7, 11) is 0. The van der Waals surface area contributed by atoms with Crippen LogP contribution in [0.15, 0.2) is 48.5 Å². The van der Waals surface area contributed by atoms with Gasteiger partial charge in [-0.15, -0.1) is 0 Å². The Morgan fingerprint density at radius 1 is 1.13 bits per heavy atom. The number of hydrogen-bond donors (Lipinski definition) is 3. The lowest BCUT2D eigenvalue weighted by Gasteiger charge is -2.06. The summed E-state index contributed by atoms with van der Waals surface area (Å²) in [4.78, 5) is 26.1. The predicted molar refractivity (Wildman–Crippen MR) is 84.5 cm³/mol. The van der Waals surface area contributed by atoms with Crippen LogP contribution in [-0.2, 0) is 0 Å². The van der Waals surface area contributed by atoms with E-state index < -0.39 is 11.8 Å². The second-order valence-corrected chi connectivity index (χ2v) is 5.01. The number of H-pyrrole nitrogens is 1. The average molecular weight is 312 g/mol. The summed E-state index contributed by atoms with van der Waals surface area (Å²) in [5.41, 5.74) is 1.06. The van der Waals surface area contributed by atoms with Gasteiger partial charge in [0.15, 0.2) is 5.78 Å². The molecule has 3 N–H and O–H groups in total. The first kappa shape index (κ1) is 14.8. The Labute approximate surface area is 130 Å². The number of carboxylic acid groups (broad SMARTS) is 1. The number of fused-ring (bicyclic) bond motifs is 1. The molecule has 3 aromatic rings. The van der Waals surface area contributed by atoms with E-state index in [1.165, 1.54) is 18.2 Å². The van der Waals surface area contributed by atoms with Gasteiger partial charge < -0.3 is 15.4 Å². The quantitative estimate of drug-likeness (QED) is 0.631. The molecule has 1 heterocycles. The van der Waals surface area contributed by atoms with Crippen LogP contribution in [0.1, 0.15) is 20.8 Å². The first-order chi connectivity index (χ1) is 11.1. The van der Waals surface area contributed by atoms with Crippen molar-refractivity contribution in [2.24, 2.45) is 0 Å². The summed E-state index contributed by atoms with van der Waals surface area (Å²) < 4.78 is 13.3. The van der Waals surface area contributed by atoms with E-state index in [0.29, 0.717) is 16.5 Å². The van der Waals surface area contributed by atoms with E-state index in [1.54, 1.807) is 30.3 Å². The summed E-state index contributed by atoms with van der Waals surface area (Å²) in [6, 6.07) is 12.6. The first-order valence-electron chi connectivity index (χ1n) is 6.93. The molecule has 0 radical (unpaired) electrons. The van der Waals surface area contributed by atoms with Crippen molar-refractivity contribution in [3.8, 4) is 0 Å². The maximum atomic E-state index is 13.3. The zero-order valence-electron chi connectivity index (χ0n) is 12.0. The Morgan fingerprint density at radius 3 is 2.57 bits per heavy atom. The van der Waals surface area contributed by atoms with E-state index in [4.69, 9.17) is 0 Å². The summed E-state index contributed by atoms with van der Waals surface area (Å²) >= 11 is 0. The molecule has 0 fully saturated rings. The van der Waals surface area contributed by atoms with Crippen LogP contribution in [0.5, 0.6) is 0 Å². The molecule has 0 saturated carbocycles. The van der Waals surface area contributed by atoms with Crippen LogP contribution in [0.25, 0.3) is 10.9 Å². The Balaban J connectivity index is 1.91. The van der Waals surface area contributed by atoms with Crippen molar-refractivity contribution < 1.29 is 19.1 Å². The highest BCUT2D eigenvalue weighted by Gasteiger charge is 2.18. The number of carbonyl (C=O) groups is 2. The standard InChI is InChI=1S/C17H13FN2O3/c18-11-6-7-12-13(8-11)20-16(17(22)23)15(12)19-9-14(21)10-4-2-1-3-5-10/h1-8,19-20H,9H2,(H,22,23). The fourth-order valence-corrected chi connectivity index (χ4v) is 2.41. The van der Waals surface area contributed by atoms with Crippen molar-refractivity contribution in [2.45, 2.75) is 0 Å². The molecule has 3 rings (SSSR count). The number of anilines is 1. The van der Waals surface area contributed by atoms with Gasteiger partial charge in [-0.2, -0.15) is 0 Å². The van der Waals surface area contributed by atoms with Crippen molar-refractivity contribution in [1.29, 1.82) is 0 Å². The van der Waals surface area contributed by atoms with Gasteiger partial charge >= 0.3 is 5.97 Å². The van der Waals surface area contributed by atoms with Gasteiger partial charge in [-0.05, 0) is 18.2 Å². The summed E-state index contributed by atoms with van der Waals surface area (Å²) in [5, 5.41) is 12.6. The number of hydrogen-bond acceptors (Lipinski definition) is 3. The minimum Gasteiger partial charge on any atom is -0.477 e. The predicted octanol–water partition coefficient (Wildman–Crippen LogP) is 3.30. The van der Waals surface area contributed by atoms with Crippen LogP contribution < -0.4 is 5.32 Å². The monoisotopic (exact) mass is 312 g/mol. The average Bonchev–Trinajstić information content (AvgIpc) is 2.91. The highest BCUT2D eigenvalue weighted by molar-refractivity contribution is 6.07. The van der Waals surface area contributed by atoms with Crippen molar-refractivity contribution in [3.05, 3.63) is 65.6 Å². The molecule has 2 aromatic carbocycles. The van der Waals surface area contributed by atoms with Gasteiger partial charge in [0, 0.05) is 10.9 Å². The van der Waals surface area contributed by atoms with E-state index in [2.05, 4.69) is 10.3 Å². The molecule has 0 aliphatic carbocycles. The van der Waals surface area contributed by atoms with E-state index in [-0.39, 0.29) is 23.7 Å². The molecule has 6 heteroatoms. The van der Waals surface area contributed by atoms with Gasteiger partial charge in [-0.25, -0.2) is 9.18 Å². The lowest BCUT2D eigenvalue weighted by molar-refractivity contribution is 0.0692. The highest BCUT2D eigenvalue weighted by Crippen LogP contribution is 2.28. The maximum Gasteiger partial charge on any atom is 0.354 e. The number of benzene rings is 2. The van der Waals surface area contributed by atoms with Crippen molar-refractivity contribution in [2.75, 3.05) is 11.9 Å². The fraction of sp³-hybridized carbons (Fsp3) is 0.0588. The van der Waals surface area contributed by atoms with Gasteiger partial charge in [0.25, 0.3) is 0 Å². The number of nitrogens with one attached hydrogen (secondary N) is 2. The molecule has 5 nitrogen and oxygen atoms in total. The SMILES string of the molecule is O=C(CNc1c(C(=O)O)[nH]c2cc(F)ccc12)c1ccccc1. The smallest absolute Gasteiger partial charge is 0.354 e. The summed E-state index contributed by atoms with van der Waals surface area (Å²) in [6.45, 7) is -0.0609. The Hall–Kier alpha value is -3.15. The Morgan fingerprint density at radius 2 is 1.87 bits per heavy atom. The second-order valence-electron chi connectivity index (χ2n) is 5.01. The number of halogens is 1. The summed E-state index contributed by atoms with van der Waals surface area (Å²) in [5.74, 6) is -1.82. The number of Topliss-reactive ketones (excluding diaryl/α,β-unsaturated/α-hetero) is 1. The van der Waals surface area contributed by atoms with Crippen LogP contribution in [0.3, 0.4) is 0 Å². The molecular formula is C17H13FN2O3. The topological polar surface area (TPSA) is 82.2 Å². The number of aromatic carboxylic acids is 1. The highest BCUT2D eigenvalue weighted by atomic mass is 19.1. The molecule has 1 aromatic heterocycles. The number of carboxylic acids is 1. The number of ketones is 1. The van der Waals surface area contributed by atoms with Gasteiger partial charge in [0.1, 0.15) is 11.5 Å². The van der Waals surface area contributed by atoms with Crippen molar-refractivity contribution in [3.63, 3.8) is 0 Å². The zero-order chi connectivity index (χ0) is 16.4. The third-order valence-electron chi connectivity index (χ3n) is 3.50. The third-order valence-corrected chi connectivity index (χ3v) is 3.50. The van der Waals surface area contributed by atoms with Gasteiger partial charge in [-0.1, -0.05) is 30.3 Å². The summed E-state index contributed by atoms with van der Waals surface area (Å²) in [6.07, 6.45) is 0. The minimum absolute atomic E-state index is 0.0609. The molecule has 0 aliphatic heterocycles. The molecule has 23 heavy (non-hydrogen) atoms. The number of aromatic nitrogens is 1. The molecule has 0 bridgehead atoms. The third kappa shape index (κ3) is 2.91. The largest absolute Gasteiger partial charge is 0.477 e. The molecule has 0 amide bonds. The van der Waals surface area contributed by atoms with Crippen molar-refractivity contribution in [1.82, 2.24) is 4.98 Å². The first-order valence-corrected chi connectivity index (χ1v) is 6.93. The molecule has 0 atom stereocenters. The minimum atomic E-state index is -1.18. The molecule has 0 aliphatic rings. The Bertz CT molecular complexity index is 887. The van der Waals surface area contributed by atoms with E-state index in [9.17, 15) is 19.1 Å². The van der Waals surface area contributed by atoms with E-state index >= 15 is 0 Å². The number of aromatic amines is 1. The number of rotatable bonds is 5. The fourth-order valence-electron chi connectivity index (χ4n) is 2.41. The normalized spacial score (nSPS) is 10.7. The lowest BCUT2D eigenvalue weighted by atomic mass is 10.1. The Kier molecular flexibility index (Phi) is 3.80.